The van der Waals surface area contributed by atoms with Gasteiger partial charge in [-0.2, -0.15) is 5.26 Å². The molecular weight excluding hydrogens is 254 g/mol. The van der Waals surface area contributed by atoms with Crippen molar-refractivity contribution in [3.05, 3.63) is 36.0 Å². The van der Waals surface area contributed by atoms with Gasteiger partial charge in [-0.15, -0.1) is 6.42 Å². The number of benzene rings is 1. The van der Waals surface area contributed by atoms with Crippen LogP contribution in [0.25, 0.3) is 10.9 Å². The summed E-state index contributed by atoms with van der Waals surface area (Å²) in [4.78, 5) is 16.7. The van der Waals surface area contributed by atoms with Crippen LogP contribution in [0, 0.1) is 23.7 Å². The maximum absolute atomic E-state index is 11.0. The molecule has 2 rings (SSSR count). The van der Waals surface area contributed by atoms with E-state index in [0.29, 0.717) is 22.2 Å². The lowest BCUT2D eigenvalue weighted by atomic mass is 10.1. The highest BCUT2D eigenvalue weighted by atomic mass is 16.4. The molecule has 0 saturated carbocycles. The Morgan fingerprint density at radius 1 is 1.45 bits per heavy atom. The van der Waals surface area contributed by atoms with Crippen LogP contribution in [-0.2, 0) is 4.79 Å². The molecule has 2 aromatic rings. The molecule has 20 heavy (non-hydrogen) atoms. The smallest absolute Gasteiger partial charge is 0.323 e. The molecular formula is C15H11N3O2. The molecule has 0 radical (unpaired) electrons. The number of nitrogens with zero attached hydrogens (tertiary/aromatic N) is 3. The third-order valence-corrected chi connectivity index (χ3v) is 2.79. The molecule has 5 heteroatoms. The van der Waals surface area contributed by atoms with Crippen LogP contribution in [0.2, 0.25) is 0 Å². The van der Waals surface area contributed by atoms with E-state index in [4.69, 9.17) is 11.5 Å². The highest BCUT2D eigenvalue weighted by Crippen LogP contribution is 2.28. The minimum atomic E-state index is -1.01. The van der Waals surface area contributed by atoms with Gasteiger partial charge in [0.1, 0.15) is 12.6 Å². The predicted molar refractivity (Wildman–Crippen MR) is 75.1 cm³/mol. The fourth-order valence-electron chi connectivity index (χ4n) is 2.04. The summed E-state index contributed by atoms with van der Waals surface area (Å²) in [5, 5.41) is 18.9. The quantitative estimate of drug-likeness (QED) is 0.850. The summed E-state index contributed by atoms with van der Waals surface area (Å²) < 4.78 is 0. The SMILES string of the molecule is C#CCN(CC(=O)O)c1c(C#N)cnc2ccccc12. The van der Waals surface area contributed by atoms with Gasteiger partial charge in [0, 0.05) is 11.6 Å². The Morgan fingerprint density at radius 2 is 2.20 bits per heavy atom. The van der Waals surface area contributed by atoms with Crippen molar-refractivity contribution in [3.8, 4) is 18.4 Å². The zero-order valence-corrected chi connectivity index (χ0v) is 10.6. The van der Waals surface area contributed by atoms with Gasteiger partial charge in [-0.05, 0) is 6.07 Å². The Bertz CT molecular complexity index is 741. The number of carboxylic acid groups (broad SMARTS) is 1. The number of terminal acetylenes is 1. The summed E-state index contributed by atoms with van der Waals surface area (Å²) in [5.41, 5.74) is 1.51. The molecule has 98 valence electrons. The molecule has 1 heterocycles. The van der Waals surface area contributed by atoms with Crippen molar-refractivity contribution in [2.45, 2.75) is 0 Å². The molecule has 5 nitrogen and oxygen atoms in total. The number of anilines is 1. The molecule has 0 spiro atoms. The van der Waals surface area contributed by atoms with Crippen LogP contribution in [0.4, 0.5) is 5.69 Å². The van der Waals surface area contributed by atoms with E-state index in [2.05, 4.69) is 10.9 Å². The van der Waals surface area contributed by atoms with Gasteiger partial charge in [-0.3, -0.25) is 9.78 Å². The molecule has 0 fully saturated rings. The third kappa shape index (κ3) is 2.52. The van der Waals surface area contributed by atoms with Crippen LogP contribution in [0.1, 0.15) is 5.56 Å². The van der Waals surface area contributed by atoms with Crippen LogP contribution >= 0.6 is 0 Å². The lowest BCUT2D eigenvalue weighted by Crippen LogP contribution is -2.31. The zero-order valence-electron chi connectivity index (χ0n) is 10.6. The standard InChI is InChI=1S/C15H11N3O2/c1-2-7-18(10-14(19)20)15-11(8-16)9-17-13-6-4-3-5-12(13)15/h1,3-6,9H,7,10H2,(H,19,20). The summed E-state index contributed by atoms with van der Waals surface area (Å²) in [6.07, 6.45) is 6.73. The number of pyridine rings is 1. The van der Waals surface area contributed by atoms with Crippen LogP contribution in [0.3, 0.4) is 0 Å². The van der Waals surface area contributed by atoms with E-state index >= 15 is 0 Å². The molecule has 0 amide bonds. The van der Waals surface area contributed by atoms with Crippen LogP contribution in [0.5, 0.6) is 0 Å². The van der Waals surface area contributed by atoms with E-state index in [1.165, 1.54) is 11.1 Å². The molecule has 0 aliphatic carbocycles. The van der Waals surface area contributed by atoms with Crippen molar-refractivity contribution in [3.63, 3.8) is 0 Å². The predicted octanol–water partition coefficient (Wildman–Crippen LogP) is 1.63. The molecule has 0 aliphatic heterocycles. The van der Waals surface area contributed by atoms with Crippen LogP contribution < -0.4 is 4.90 Å². The van der Waals surface area contributed by atoms with E-state index < -0.39 is 5.97 Å². The first-order valence-electron chi connectivity index (χ1n) is 5.85. The number of hydrogen-bond donors (Lipinski definition) is 1. The first-order valence-corrected chi connectivity index (χ1v) is 5.85. The molecule has 1 N–H and O–H groups in total. The van der Waals surface area contributed by atoms with Crippen LogP contribution in [0.15, 0.2) is 30.5 Å². The Kier molecular flexibility index (Phi) is 3.83. The van der Waals surface area contributed by atoms with E-state index in [-0.39, 0.29) is 13.1 Å². The van der Waals surface area contributed by atoms with Crippen molar-refractivity contribution in [2.24, 2.45) is 0 Å². The largest absolute Gasteiger partial charge is 0.480 e. The van der Waals surface area contributed by atoms with E-state index in [9.17, 15) is 10.1 Å². The fraction of sp³-hybridized carbons (Fsp3) is 0.133. The maximum Gasteiger partial charge on any atom is 0.323 e. The summed E-state index contributed by atoms with van der Waals surface area (Å²) >= 11 is 0. The summed E-state index contributed by atoms with van der Waals surface area (Å²) in [6, 6.07) is 9.27. The van der Waals surface area contributed by atoms with Gasteiger partial charge in [-0.1, -0.05) is 24.1 Å². The number of fused-ring (bicyclic) bond motifs is 1. The number of hydrogen-bond acceptors (Lipinski definition) is 4. The third-order valence-electron chi connectivity index (χ3n) is 2.79. The molecule has 0 saturated heterocycles. The Balaban J connectivity index is 2.68. The minimum absolute atomic E-state index is 0.106. The van der Waals surface area contributed by atoms with Gasteiger partial charge in [0.25, 0.3) is 0 Å². The monoisotopic (exact) mass is 265 g/mol. The normalized spacial score (nSPS) is 9.70. The van der Waals surface area contributed by atoms with Gasteiger partial charge in [0.2, 0.25) is 0 Å². The fourth-order valence-corrected chi connectivity index (χ4v) is 2.04. The number of aromatic nitrogens is 1. The topological polar surface area (TPSA) is 77.2 Å². The number of carbonyl (C=O) groups is 1. The van der Waals surface area contributed by atoms with Crippen LogP contribution in [-0.4, -0.2) is 29.1 Å². The second-order valence-electron chi connectivity index (χ2n) is 4.10. The first kappa shape index (κ1) is 13.4. The highest BCUT2D eigenvalue weighted by Gasteiger charge is 2.17. The van der Waals surface area contributed by atoms with Gasteiger partial charge in [0.05, 0.1) is 23.3 Å². The molecule has 0 unspecified atom stereocenters. The summed E-state index contributed by atoms with van der Waals surface area (Å²) in [5.74, 6) is 1.41. The maximum atomic E-state index is 11.0. The van der Waals surface area contributed by atoms with E-state index in [0.717, 1.165) is 0 Å². The Labute approximate surface area is 116 Å². The van der Waals surface area contributed by atoms with E-state index in [1.807, 2.05) is 18.2 Å². The minimum Gasteiger partial charge on any atom is -0.480 e. The zero-order chi connectivity index (χ0) is 14.5. The van der Waals surface area contributed by atoms with Crippen molar-refractivity contribution in [1.82, 2.24) is 4.98 Å². The second-order valence-corrected chi connectivity index (χ2v) is 4.10. The van der Waals surface area contributed by atoms with Gasteiger partial charge in [-0.25, -0.2) is 0 Å². The Morgan fingerprint density at radius 3 is 2.85 bits per heavy atom. The summed E-state index contributed by atoms with van der Waals surface area (Å²) in [6.45, 7) is -0.165. The number of rotatable bonds is 4. The number of nitriles is 1. The van der Waals surface area contributed by atoms with Gasteiger partial charge in [0.15, 0.2) is 0 Å². The Hall–Kier alpha value is -3.05. The van der Waals surface area contributed by atoms with Gasteiger partial charge >= 0.3 is 5.97 Å². The molecule has 0 aliphatic rings. The number of carboxylic acids is 1. The molecule has 0 atom stereocenters. The van der Waals surface area contributed by atoms with Crippen molar-refractivity contribution in [1.29, 1.82) is 5.26 Å². The van der Waals surface area contributed by atoms with Crippen molar-refractivity contribution >= 4 is 22.6 Å². The summed E-state index contributed by atoms with van der Waals surface area (Å²) in [7, 11) is 0. The lowest BCUT2D eigenvalue weighted by Gasteiger charge is -2.22. The molecule has 0 bridgehead atoms. The van der Waals surface area contributed by atoms with Crippen molar-refractivity contribution < 1.29 is 9.90 Å². The number of aliphatic carboxylic acids is 1. The average molecular weight is 265 g/mol. The molecule has 1 aromatic carbocycles. The lowest BCUT2D eigenvalue weighted by molar-refractivity contribution is -0.135. The number of para-hydroxylation sites is 1. The highest BCUT2D eigenvalue weighted by molar-refractivity contribution is 5.95. The first-order chi connectivity index (χ1) is 9.67. The van der Waals surface area contributed by atoms with E-state index in [1.54, 1.807) is 12.1 Å². The average Bonchev–Trinajstić information content (AvgIpc) is 2.45. The van der Waals surface area contributed by atoms with Crippen molar-refractivity contribution in [2.75, 3.05) is 18.0 Å². The second kappa shape index (κ2) is 5.73. The van der Waals surface area contributed by atoms with Gasteiger partial charge < -0.3 is 10.0 Å². The molecule has 1 aromatic heterocycles.